The van der Waals surface area contributed by atoms with E-state index in [0.29, 0.717) is 0 Å². The van der Waals surface area contributed by atoms with Crippen LogP contribution in [0.2, 0.25) is 0 Å². The summed E-state index contributed by atoms with van der Waals surface area (Å²) in [6.07, 6.45) is 6.33. The molecule has 1 aliphatic heterocycles. The van der Waals surface area contributed by atoms with Gasteiger partial charge < -0.3 is 14.6 Å². The second-order valence-corrected chi connectivity index (χ2v) is 4.58. The van der Waals surface area contributed by atoms with Gasteiger partial charge in [-0.1, -0.05) is 5.16 Å². The fourth-order valence-electron chi connectivity index (χ4n) is 2.25. The predicted molar refractivity (Wildman–Crippen MR) is 65.6 cm³/mol. The van der Waals surface area contributed by atoms with E-state index < -0.39 is 0 Å². The molecule has 0 amide bonds. The Morgan fingerprint density at radius 1 is 1.53 bits per heavy atom. The van der Waals surface area contributed by atoms with Crippen LogP contribution >= 0.6 is 0 Å². The predicted octanol–water partition coefficient (Wildman–Crippen LogP) is 2.63. The van der Waals surface area contributed by atoms with E-state index in [4.69, 9.17) is 9.26 Å². The van der Waals surface area contributed by atoms with Crippen LogP contribution in [0.15, 0.2) is 16.9 Å². The van der Waals surface area contributed by atoms with Crippen molar-refractivity contribution in [2.45, 2.75) is 45.8 Å². The Bertz CT molecular complexity index is 379. The van der Waals surface area contributed by atoms with Crippen LogP contribution in [0.3, 0.4) is 0 Å². The largest absolute Gasteiger partial charge is 0.497 e. The molecule has 1 aliphatic rings. The first kappa shape index (κ1) is 12.2. The number of nitrogens with one attached hydrogen (secondary N) is 1. The van der Waals surface area contributed by atoms with Crippen LogP contribution < -0.4 is 5.32 Å². The van der Waals surface area contributed by atoms with Crippen LogP contribution in [0, 0.1) is 13.8 Å². The summed E-state index contributed by atoms with van der Waals surface area (Å²) in [5.74, 6) is 0.895. The smallest absolute Gasteiger partial charge is 0.138 e. The van der Waals surface area contributed by atoms with E-state index in [0.717, 1.165) is 36.4 Å². The monoisotopic (exact) mass is 236 g/mol. The molecule has 1 N–H and O–H groups in total. The number of ether oxygens (including phenoxy) is 1. The summed E-state index contributed by atoms with van der Waals surface area (Å²) >= 11 is 0. The highest BCUT2D eigenvalue weighted by Gasteiger charge is 2.18. The summed E-state index contributed by atoms with van der Waals surface area (Å²) in [6, 6.07) is 0.246. The van der Waals surface area contributed by atoms with Crippen LogP contribution in [0.25, 0.3) is 0 Å². The Kier molecular flexibility index (Phi) is 3.84. The van der Waals surface area contributed by atoms with Gasteiger partial charge in [0.2, 0.25) is 0 Å². The van der Waals surface area contributed by atoms with Crippen molar-refractivity contribution in [1.82, 2.24) is 10.5 Å². The summed E-state index contributed by atoms with van der Waals surface area (Å²) < 4.78 is 10.7. The molecular formula is C13H20N2O2. The molecule has 2 rings (SSSR count). The lowest BCUT2D eigenvalue weighted by molar-refractivity contribution is 0.119. The minimum atomic E-state index is 0.246. The van der Waals surface area contributed by atoms with E-state index in [-0.39, 0.29) is 12.1 Å². The third-order valence-electron chi connectivity index (χ3n) is 3.20. The minimum absolute atomic E-state index is 0.246. The lowest BCUT2D eigenvalue weighted by Gasteiger charge is -2.22. The van der Waals surface area contributed by atoms with E-state index in [1.54, 1.807) is 6.26 Å². The Balaban J connectivity index is 1.89. The molecule has 4 heteroatoms. The van der Waals surface area contributed by atoms with Crippen molar-refractivity contribution >= 4 is 0 Å². The first-order chi connectivity index (χ1) is 8.18. The van der Waals surface area contributed by atoms with Gasteiger partial charge in [0.05, 0.1) is 12.0 Å². The van der Waals surface area contributed by atoms with Crippen molar-refractivity contribution in [3.05, 3.63) is 29.4 Å². The van der Waals surface area contributed by atoms with Gasteiger partial charge in [0, 0.05) is 18.2 Å². The van der Waals surface area contributed by atoms with Gasteiger partial charge in [-0.3, -0.25) is 0 Å². The van der Waals surface area contributed by atoms with Crippen molar-refractivity contribution in [1.29, 1.82) is 0 Å². The van der Waals surface area contributed by atoms with Gasteiger partial charge >= 0.3 is 0 Å². The summed E-state index contributed by atoms with van der Waals surface area (Å²) in [5.41, 5.74) is 2.13. The Morgan fingerprint density at radius 3 is 2.94 bits per heavy atom. The highest BCUT2D eigenvalue weighted by molar-refractivity contribution is 5.24. The molecule has 0 saturated carbocycles. The molecule has 1 aromatic heterocycles. The maximum atomic E-state index is 5.52. The molecule has 0 aliphatic carbocycles. The highest BCUT2D eigenvalue weighted by atomic mass is 16.5. The van der Waals surface area contributed by atoms with Gasteiger partial charge in [-0.05, 0) is 39.7 Å². The molecule has 2 unspecified atom stereocenters. The fourth-order valence-corrected chi connectivity index (χ4v) is 2.25. The van der Waals surface area contributed by atoms with Crippen LogP contribution in [0.1, 0.15) is 42.8 Å². The average molecular weight is 236 g/mol. The van der Waals surface area contributed by atoms with Gasteiger partial charge in [-0.15, -0.1) is 0 Å². The van der Waals surface area contributed by atoms with E-state index in [9.17, 15) is 0 Å². The second kappa shape index (κ2) is 5.36. The number of aryl methyl sites for hydroxylation is 2. The molecule has 2 heterocycles. The third kappa shape index (κ3) is 2.88. The number of rotatable bonds is 4. The number of nitrogens with zero attached hydrogens (tertiary/aromatic N) is 1. The lowest BCUT2D eigenvalue weighted by Crippen LogP contribution is -2.31. The van der Waals surface area contributed by atoms with E-state index >= 15 is 0 Å². The summed E-state index contributed by atoms with van der Waals surface area (Å²) in [5, 5.41) is 7.45. The molecule has 4 nitrogen and oxygen atoms in total. The Hall–Kier alpha value is -1.29. The van der Waals surface area contributed by atoms with Gasteiger partial charge in [-0.2, -0.15) is 0 Å². The van der Waals surface area contributed by atoms with Crippen molar-refractivity contribution in [3.63, 3.8) is 0 Å². The molecule has 0 saturated heterocycles. The number of aromatic nitrogens is 1. The van der Waals surface area contributed by atoms with Crippen LogP contribution in [0.5, 0.6) is 0 Å². The molecule has 2 atom stereocenters. The Morgan fingerprint density at radius 2 is 2.35 bits per heavy atom. The lowest BCUT2D eigenvalue weighted by atomic mass is 10.1. The molecule has 0 spiro atoms. The molecule has 17 heavy (non-hydrogen) atoms. The fraction of sp³-hybridized carbons (Fsp3) is 0.615. The molecular weight excluding hydrogens is 216 g/mol. The average Bonchev–Trinajstić information content (AvgIpc) is 2.67. The molecule has 94 valence electrons. The zero-order chi connectivity index (χ0) is 12.3. The molecule has 0 fully saturated rings. The van der Waals surface area contributed by atoms with Crippen molar-refractivity contribution in [2.24, 2.45) is 0 Å². The van der Waals surface area contributed by atoms with E-state index in [2.05, 4.69) is 23.5 Å². The first-order valence-electron chi connectivity index (χ1n) is 6.15. The number of hydrogen-bond donors (Lipinski definition) is 1. The summed E-state index contributed by atoms with van der Waals surface area (Å²) in [4.78, 5) is 0. The van der Waals surface area contributed by atoms with Crippen LogP contribution in [-0.4, -0.2) is 17.8 Å². The van der Waals surface area contributed by atoms with Gasteiger partial charge in [0.25, 0.3) is 0 Å². The van der Waals surface area contributed by atoms with Crippen molar-refractivity contribution in [3.8, 4) is 0 Å². The summed E-state index contributed by atoms with van der Waals surface area (Å²) in [6.45, 7) is 6.91. The van der Waals surface area contributed by atoms with Crippen LogP contribution in [0.4, 0.5) is 0 Å². The zero-order valence-corrected chi connectivity index (χ0v) is 10.7. The SMILES string of the molecule is Cc1noc(C)c1C(C)NCC1CCC=CO1. The Labute approximate surface area is 102 Å². The maximum Gasteiger partial charge on any atom is 0.138 e. The van der Waals surface area contributed by atoms with Crippen molar-refractivity contribution < 1.29 is 9.26 Å². The van der Waals surface area contributed by atoms with Gasteiger partial charge in [0.1, 0.15) is 11.9 Å². The normalized spacial score (nSPS) is 21.2. The van der Waals surface area contributed by atoms with Crippen molar-refractivity contribution in [2.75, 3.05) is 6.54 Å². The van der Waals surface area contributed by atoms with Crippen LogP contribution in [-0.2, 0) is 4.74 Å². The zero-order valence-electron chi connectivity index (χ0n) is 10.7. The molecule has 0 radical (unpaired) electrons. The first-order valence-corrected chi connectivity index (χ1v) is 6.15. The highest BCUT2D eigenvalue weighted by Crippen LogP contribution is 2.21. The topological polar surface area (TPSA) is 47.3 Å². The van der Waals surface area contributed by atoms with Gasteiger partial charge in [-0.25, -0.2) is 0 Å². The quantitative estimate of drug-likeness (QED) is 0.873. The molecule has 1 aromatic rings. The third-order valence-corrected chi connectivity index (χ3v) is 3.20. The standard InChI is InChI=1S/C13H20N2O2/c1-9(13-10(2)15-17-11(13)3)14-8-12-6-4-5-7-16-12/h5,7,9,12,14H,4,6,8H2,1-3H3. The minimum Gasteiger partial charge on any atom is -0.497 e. The number of hydrogen-bond acceptors (Lipinski definition) is 4. The maximum absolute atomic E-state index is 5.52. The molecule has 0 aromatic carbocycles. The van der Waals surface area contributed by atoms with E-state index in [1.165, 1.54) is 0 Å². The van der Waals surface area contributed by atoms with E-state index in [1.807, 2.05) is 13.8 Å². The second-order valence-electron chi connectivity index (χ2n) is 4.58. The number of allylic oxidation sites excluding steroid dienone is 1. The molecule has 0 bridgehead atoms. The summed E-state index contributed by atoms with van der Waals surface area (Å²) in [7, 11) is 0. The van der Waals surface area contributed by atoms with Gasteiger partial charge in [0.15, 0.2) is 0 Å².